The Morgan fingerprint density at radius 2 is 2.04 bits per heavy atom. The van der Waals surface area contributed by atoms with Crippen LogP contribution in [0, 0.1) is 6.92 Å². The molecule has 1 unspecified atom stereocenters. The van der Waals surface area contributed by atoms with Gasteiger partial charge in [0.1, 0.15) is 4.83 Å². The topological polar surface area (TPSA) is 85.6 Å². The zero-order valence-electron chi connectivity index (χ0n) is 15.8. The van der Waals surface area contributed by atoms with E-state index in [1.165, 1.54) is 15.9 Å². The van der Waals surface area contributed by atoms with E-state index in [-0.39, 0.29) is 29.4 Å². The zero-order chi connectivity index (χ0) is 19.3. The predicted molar refractivity (Wildman–Crippen MR) is 104 cm³/mol. The highest BCUT2D eigenvalue weighted by Crippen LogP contribution is 2.30. The van der Waals surface area contributed by atoms with Gasteiger partial charge in [0.2, 0.25) is 0 Å². The maximum absolute atomic E-state index is 13.1. The van der Waals surface area contributed by atoms with Crippen molar-refractivity contribution in [1.82, 2.24) is 19.4 Å². The van der Waals surface area contributed by atoms with E-state index in [0.29, 0.717) is 43.0 Å². The Labute approximate surface area is 160 Å². The lowest BCUT2D eigenvalue weighted by Crippen LogP contribution is -2.44. The molecule has 146 valence electrons. The van der Waals surface area contributed by atoms with Crippen LogP contribution < -0.4 is 16.6 Å². The molecule has 0 spiro atoms. The fourth-order valence-electron chi connectivity index (χ4n) is 3.65. The molecular weight excluding hydrogens is 368 g/mol. The van der Waals surface area contributed by atoms with E-state index in [1.54, 1.807) is 9.47 Å². The highest BCUT2D eigenvalue weighted by atomic mass is 32.1. The van der Waals surface area contributed by atoms with Crippen LogP contribution in [-0.2, 0) is 17.8 Å². The summed E-state index contributed by atoms with van der Waals surface area (Å²) < 4.78 is 8.54. The number of hydrogen-bond acceptors (Lipinski definition) is 5. The lowest BCUT2D eigenvalue weighted by atomic mass is 10.1. The average molecular weight is 392 g/mol. The molecule has 1 N–H and O–H groups in total. The molecular formula is C18H24N4O4S. The molecule has 8 nitrogen and oxygen atoms in total. The first-order valence-corrected chi connectivity index (χ1v) is 10.1. The minimum absolute atomic E-state index is 0.0132. The average Bonchev–Trinajstić information content (AvgIpc) is 3.10. The maximum atomic E-state index is 13.1. The normalized spacial score (nSPS) is 19.8. The number of aromatic nitrogens is 2. The number of rotatable bonds is 5. The summed E-state index contributed by atoms with van der Waals surface area (Å²) >= 11 is 1.44. The third-order valence-corrected chi connectivity index (χ3v) is 6.62. The summed E-state index contributed by atoms with van der Waals surface area (Å²) in [6.45, 7) is 8.48. The van der Waals surface area contributed by atoms with E-state index < -0.39 is 0 Å². The molecule has 27 heavy (non-hydrogen) atoms. The second-order valence-electron chi connectivity index (χ2n) is 7.43. The number of urea groups is 1. The smallest absolute Gasteiger partial charge is 0.332 e. The summed E-state index contributed by atoms with van der Waals surface area (Å²) in [5, 5.41) is 3.38. The SMILES string of the molecule is Cc1c(CN2CCNC2=O)sc2c1c(=O)n(C(C)C)c(=O)n2CC1CCO1. The van der Waals surface area contributed by atoms with Gasteiger partial charge < -0.3 is 15.0 Å². The number of carbonyl (C=O) groups excluding carboxylic acids is 1. The zero-order valence-corrected chi connectivity index (χ0v) is 16.6. The van der Waals surface area contributed by atoms with E-state index in [4.69, 9.17) is 4.74 Å². The van der Waals surface area contributed by atoms with Crippen molar-refractivity contribution in [2.45, 2.75) is 52.4 Å². The Morgan fingerprint density at radius 1 is 1.30 bits per heavy atom. The Hall–Kier alpha value is -2.13. The molecule has 0 saturated carbocycles. The van der Waals surface area contributed by atoms with Gasteiger partial charge >= 0.3 is 11.7 Å². The third kappa shape index (κ3) is 2.98. The van der Waals surface area contributed by atoms with Crippen molar-refractivity contribution in [3.05, 3.63) is 31.3 Å². The number of thiophene rings is 1. The fourth-order valence-corrected chi connectivity index (χ4v) is 4.96. The minimum atomic E-state index is -0.287. The largest absolute Gasteiger partial charge is 0.376 e. The summed E-state index contributed by atoms with van der Waals surface area (Å²) in [4.78, 5) is 41.4. The molecule has 2 saturated heterocycles. The van der Waals surface area contributed by atoms with Crippen molar-refractivity contribution in [1.29, 1.82) is 0 Å². The van der Waals surface area contributed by atoms with Crippen LogP contribution in [0.1, 0.15) is 36.8 Å². The number of amides is 2. The van der Waals surface area contributed by atoms with Crippen LogP contribution in [0.4, 0.5) is 4.79 Å². The van der Waals surface area contributed by atoms with E-state index in [9.17, 15) is 14.4 Å². The fraction of sp³-hybridized carbons (Fsp3) is 0.611. The van der Waals surface area contributed by atoms with Crippen LogP contribution in [0.3, 0.4) is 0 Å². The monoisotopic (exact) mass is 392 g/mol. The first-order chi connectivity index (χ1) is 12.9. The molecule has 4 rings (SSSR count). The van der Waals surface area contributed by atoms with Gasteiger partial charge in [0.15, 0.2) is 0 Å². The molecule has 0 radical (unpaired) electrons. The molecule has 9 heteroatoms. The van der Waals surface area contributed by atoms with Crippen LogP contribution in [-0.4, -0.2) is 45.9 Å². The molecule has 0 bridgehead atoms. The van der Waals surface area contributed by atoms with Gasteiger partial charge in [-0.2, -0.15) is 0 Å². The predicted octanol–water partition coefficient (Wildman–Crippen LogP) is 1.43. The van der Waals surface area contributed by atoms with E-state index in [0.717, 1.165) is 16.9 Å². The number of ether oxygens (including phenoxy) is 1. The Kier molecular flexibility index (Phi) is 4.59. The van der Waals surface area contributed by atoms with Gasteiger partial charge in [-0.25, -0.2) is 9.59 Å². The van der Waals surface area contributed by atoms with Gasteiger partial charge in [-0.15, -0.1) is 11.3 Å². The number of hydrogen-bond donors (Lipinski definition) is 1. The Balaban J connectivity index is 1.88. The quantitative estimate of drug-likeness (QED) is 0.834. The highest BCUT2D eigenvalue weighted by molar-refractivity contribution is 7.18. The van der Waals surface area contributed by atoms with Crippen LogP contribution in [0.15, 0.2) is 9.59 Å². The van der Waals surface area contributed by atoms with Gasteiger partial charge in [-0.05, 0) is 32.8 Å². The van der Waals surface area contributed by atoms with Crippen molar-refractivity contribution in [2.75, 3.05) is 19.7 Å². The summed E-state index contributed by atoms with van der Waals surface area (Å²) in [6.07, 6.45) is 0.930. The van der Waals surface area contributed by atoms with Gasteiger partial charge in [0.05, 0.1) is 24.6 Å². The molecule has 4 heterocycles. The van der Waals surface area contributed by atoms with Crippen molar-refractivity contribution in [3.8, 4) is 0 Å². The van der Waals surface area contributed by atoms with Crippen LogP contribution in [0.2, 0.25) is 0 Å². The van der Waals surface area contributed by atoms with E-state index in [2.05, 4.69) is 5.32 Å². The molecule has 2 aromatic heterocycles. The second kappa shape index (κ2) is 6.79. The molecule has 0 aromatic carbocycles. The molecule has 2 fully saturated rings. The van der Waals surface area contributed by atoms with Crippen molar-refractivity contribution >= 4 is 27.6 Å². The molecule has 2 aliphatic rings. The van der Waals surface area contributed by atoms with Crippen LogP contribution in [0.5, 0.6) is 0 Å². The van der Waals surface area contributed by atoms with E-state index >= 15 is 0 Å². The number of fused-ring (bicyclic) bond motifs is 1. The number of carbonyl (C=O) groups is 1. The van der Waals surface area contributed by atoms with Crippen molar-refractivity contribution in [3.63, 3.8) is 0 Å². The molecule has 2 aromatic rings. The highest BCUT2D eigenvalue weighted by Gasteiger charge is 2.27. The molecule has 2 amide bonds. The Morgan fingerprint density at radius 3 is 2.59 bits per heavy atom. The second-order valence-corrected chi connectivity index (χ2v) is 8.51. The molecule has 0 aliphatic carbocycles. The number of aryl methyl sites for hydroxylation is 1. The van der Waals surface area contributed by atoms with Crippen LogP contribution in [0.25, 0.3) is 10.2 Å². The van der Waals surface area contributed by atoms with Gasteiger partial charge in [0, 0.05) is 30.6 Å². The first kappa shape index (κ1) is 18.2. The maximum Gasteiger partial charge on any atom is 0.332 e. The van der Waals surface area contributed by atoms with Gasteiger partial charge in [-0.1, -0.05) is 0 Å². The molecule has 1 atom stereocenters. The van der Waals surface area contributed by atoms with Crippen LogP contribution >= 0.6 is 11.3 Å². The summed E-state index contributed by atoms with van der Waals surface area (Å²) in [5.41, 5.74) is 0.323. The minimum Gasteiger partial charge on any atom is -0.376 e. The first-order valence-electron chi connectivity index (χ1n) is 9.30. The standard InChI is InChI=1S/C18H24N4O4S/c1-10(2)22-15(23)14-11(3)13(9-20-6-5-19-17(20)24)27-16(14)21(18(22)25)8-12-4-7-26-12/h10,12H,4-9H2,1-3H3,(H,19,24). The van der Waals surface area contributed by atoms with Crippen molar-refractivity contribution < 1.29 is 9.53 Å². The number of nitrogens with zero attached hydrogens (tertiary/aromatic N) is 3. The van der Waals surface area contributed by atoms with Gasteiger partial charge in [-0.3, -0.25) is 13.9 Å². The van der Waals surface area contributed by atoms with Gasteiger partial charge in [0.25, 0.3) is 5.56 Å². The lowest BCUT2D eigenvalue weighted by Gasteiger charge is -2.27. The lowest BCUT2D eigenvalue weighted by molar-refractivity contribution is -0.0593. The summed E-state index contributed by atoms with van der Waals surface area (Å²) in [7, 11) is 0. The molecule has 2 aliphatic heterocycles. The van der Waals surface area contributed by atoms with E-state index in [1.807, 2.05) is 20.8 Å². The Bertz CT molecular complexity index is 1020. The van der Waals surface area contributed by atoms with Crippen molar-refractivity contribution in [2.24, 2.45) is 0 Å². The number of nitrogens with one attached hydrogen (secondary N) is 1. The summed E-state index contributed by atoms with van der Waals surface area (Å²) in [5.74, 6) is 0. The third-order valence-electron chi connectivity index (χ3n) is 5.32. The summed E-state index contributed by atoms with van der Waals surface area (Å²) in [6, 6.07) is -0.318.